The summed E-state index contributed by atoms with van der Waals surface area (Å²) in [6.07, 6.45) is 2.48. The van der Waals surface area contributed by atoms with E-state index in [4.69, 9.17) is 9.16 Å². The van der Waals surface area contributed by atoms with Crippen molar-refractivity contribution < 1.29 is 18.8 Å². The van der Waals surface area contributed by atoms with Crippen molar-refractivity contribution in [3.63, 3.8) is 0 Å². The Morgan fingerprint density at radius 1 is 1.07 bits per heavy atom. The quantitative estimate of drug-likeness (QED) is 0.510. The third kappa shape index (κ3) is 5.11. The highest BCUT2D eigenvalue weighted by Gasteiger charge is 2.55. The molecule has 5 nitrogen and oxygen atoms in total. The zero-order valence-corrected chi connectivity index (χ0v) is 19.3. The highest BCUT2D eigenvalue weighted by atomic mass is 28.4. The van der Waals surface area contributed by atoms with Crippen molar-refractivity contribution in [1.82, 2.24) is 4.90 Å². The summed E-state index contributed by atoms with van der Waals surface area (Å²) in [6, 6.07) is 9.30. The number of hydrogen-bond acceptors (Lipinski definition) is 4. The van der Waals surface area contributed by atoms with Crippen molar-refractivity contribution in [2.24, 2.45) is 0 Å². The first-order valence-corrected chi connectivity index (χ1v) is 12.6. The number of ether oxygens (including phenoxy) is 1. The molecule has 1 aliphatic rings. The lowest BCUT2D eigenvalue weighted by Crippen LogP contribution is -2.69. The maximum atomic E-state index is 12.8. The summed E-state index contributed by atoms with van der Waals surface area (Å²) in [5.74, 6) is -0.332. The number of hydrogen-bond donors (Lipinski definition) is 0. The van der Waals surface area contributed by atoms with Gasteiger partial charge in [-0.3, -0.25) is 4.79 Å². The molecule has 0 saturated carbocycles. The van der Waals surface area contributed by atoms with Crippen LogP contribution in [0.15, 0.2) is 36.4 Å². The standard InChI is InChI=1S/C22H33NO4Si/c1-21(2,3)26-20(25)23-17(15-14-16-12-10-9-11-13-16)18(19(23)24)27-28(7,8)22(4,5)6/h9-15,17-18H,1-8H3/b15-14+/t17-,18+/m1/s1. The fraction of sp³-hybridized carbons (Fsp3) is 0.545. The van der Waals surface area contributed by atoms with Gasteiger partial charge in [0.05, 0.1) is 6.04 Å². The molecule has 28 heavy (non-hydrogen) atoms. The fourth-order valence-corrected chi connectivity index (χ4v) is 3.81. The van der Waals surface area contributed by atoms with Crippen LogP contribution in [-0.2, 0) is 14.0 Å². The number of likely N-dealkylation sites (tertiary alicyclic amines) is 1. The Hall–Kier alpha value is -1.92. The average Bonchev–Trinajstić information content (AvgIpc) is 2.54. The minimum atomic E-state index is -2.17. The number of carbonyl (C=O) groups is 2. The summed E-state index contributed by atoms with van der Waals surface area (Å²) in [6.45, 7) is 16.0. The van der Waals surface area contributed by atoms with E-state index < -0.39 is 32.2 Å². The molecule has 0 aromatic heterocycles. The number of imide groups is 1. The summed E-state index contributed by atoms with van der Waals surface area (Å²) in [5, 5.41) is -0.0344. The van der Waals surface area contributed by atoms with E-state index in [1.807, 2.05) is 42.5 Å². The predicted molar refractivity (Wildman–Crippen MR) is 114 cm³/mol. The number of amides is 2. The smallest absolute Gasteiger partial charge is 0.417 e. The monoisotopic (exact) mass is 403 g/mol. The molecule has 154 valence electrons. The highest BCUT2D eigenvalue weighted by Crippen LogP contribution is 2.40. The predicted octanol–water partition coefficient (Wildman–Crippen LogP) is 5.24. The lowest BCUT2D eigenvalue weighted by Gasteiger charge is -2.48. The second kappa shape index (κ2) is 7.83. The van der Waals surface area contributed by atoms with Crippen molar-refractivity contribution in [2.45, 2.75) is 77.4 Å². The summed E-state index contributed by atoms with van der Waals surface area (Å²) >= 11 is 0. The second-order valence-electron chi connectivity index (χ2n) is 9.75. The molecule has 0 radical (unpaired) electrons. The zero-order valence-electron chi connectivity index (χ0n) is 18.3. The Balaban J connectivity index is 2.27. The van der Waals surface area contributed by atoms with Crippen molar-refractivity contribution in [1.29, 1.82) is 0 Å². The Morgan fingerprint density at radius 2 is 1.64 bits per heavy atom. The van der Waals surface area contributed by atoms with Gasteiger partial charge in [0.2, 0.25) is 0 Å². The van der Waals surface area contributed by atoms with E-state index in [1.165, 1.54) is 4.90 Å². The molecule has 0 N–H and O–H groups in total. The van der Waals surface area contributed by atoms with Crippen LogP contribution >= 0.6 is 0 Å². The minimum absolute atomic E-state index is 0.0344. The molecule has 1 saturated heterocycles. The SMILES string of the molecule is CC(C)(C)OC(=O)N1C(=O)[C@@H](O[Si](C)(C)C(C)(C)C)[C@H]1/C=C/c1ccccc1. The maximum absolute atomic E-state index is 12.8. The van der Waals surface area contributed by atoms with Gasteiger partial charge in [-0.1, -0.05) is 63.3 Å². The number of benzene rings is 1. The van der Waals surface area contributed by atoms with Gasteiger partial charge in [0, 0.05) is 0 Å². The van der Waals surface area contributed by atoms with E-state index in [0.717, 1.165) is 5.56 Å². The van der Waals surface area contributed by atoms with Crippen LogP contribution < -0.4 is 0 Å². The average molecular weight is 404 g/mol. The summed E-state index contributed by atoms with van der Waals surface area (Å²) in [4.78, 5) is 26.6. The molecule has 6 heteroatoms. The van der Waals surface area contributed by atoms with E-state index >= 15 is 0 Å². The van der Waals surface area contributed by atoms with Crippen LogP contribution in [0, 0.1) is 0 Å². The lowest BCUT2D eigenvalue weighted by atomic mass is 9.97. The molecule has 0 bridgehead atoms. The molecule has 1 fully saturated rings. The molecule has 1 aliphatic heterocycles. The molecular weight excluding hydrogens is 370 g/mol. The van der Waals surface area contributed by atoms with Crippen molar-refractivity contribution >= 4 is 26.4 Å². The van der Waals surface area contributed by atoms with E-state index in [0.29, 0.717) is 0 Å². The molecule has 0 aliphatic carbocycles. The van der Waals surface area contributed by atoms with Gasteiger partial charge in [-0.25, -0.2) is 9.69 Å². The van der Waals surface area contributed by atoms with Gasteiger partial charge in [0.1, 0.15) is 11.7 Å². The summed E-state index contributed by atoms with van der Waals surface area (Å²) in [5.41, 5.74) is 0.327. The minimum Gasteiger partial charge on any atom is -0.443 e. The first-order valence-electron chi connectivity index (χ1n) is 9.70. The Morgan fingerprint density at radius 3 is 2.14 bits per heavy atom. The molecular formula is C22H33NO4Si. The van der Waals surface area contributed by atoms with E-state index in [1.54, 1.807) is 20.8 Å². The first kappa shape index (κ1) is 22.4. The third-order valence-corrected chi connectivity index (χ3v) is 9.65. The number of rotatable bonds is 4. The third-order valence-electron chi connectivity index (χ3n) is 5.19. The van der Waals surface area contributed by atoms with Gasteiger partial charge in [0.15, 0.2) is 8.32 Å². The fourth-order valence-electron chi connectivity index (χ4n) is 2.58. The van der Waals surface area contributed by atoms with E-state index in [9.17, 15) is 9.59 Å². The molecule has 2 rings (SSSR count). The Labute approximate surface area is 169 Å². The summed E-state index contributed by atoms with van der Waals surface area (Å²) < 4.78 is 11.8. The normalized spacial score (nSPS) is 21.0. The topological polar surface area (TPSA) is 55.8 Å². The number of β-lactam (4-membered cyclic amide) rings is 1. The van der Waals surface area contributed by atoms with Crippen molar-refractivity contribution in [2.75, 3.05) is 0 Å². The van der Waals surface area contributed by atoms with Crippen LogP contribution in [0.25, 0.3) is 6.08 Å². The van der Waals surface area contributed by atoms with Gasteiger partial charge in [-0.15, -0.1) is 0 Å². The second-order valence-corrected chi connectivity index (χ2v) is 14.5. The Kier molecular flexibility index (Phi) is 6.26. The molecule has 1 heterocycles. The summed E-state index contributed by atoms with van der Waals surface area (Å²) in [7, 11) is -2.17. The molecule has 0 unspecified atom stereocenters. The Bertz CT molecular complexity index is 744. The van der Waals surface area contributed by atoms with Crippen molar-refractivity contribution in [3.8, 4) is 0 Å². The van der Waals surface area contributed by atoms with Crippen LogP contribution in [0.3, 0.4) is 0 Å². The van der Waals surface area contributed by atoms with Crippen LogP contribution in [0.5, 0.6) is 0 Å². The van der Waals surface area contributed by atoms with Crippen LogP contribution in [0.4, 0.5) is 4.79 Å². The lowest BCUT2D eigenvalue weighted by molar-refractivity contribution is -0.157. The molecule has 1 aromatic rings. The van der Waals surface area contributed by atoms with Gasteiger partial charge in [0.25, 0.3) is 5.91 Å². The van der Waals surface area contributed by atoms with Gasteiger partial charge >= 0.3 is 6.09 Å². The van der Waals surface area contributed by atoms with E-state index in [2.05, 4.69) is 33.9 Å². The largest absolute Gasteiger partial charge is 0.443 e. The maximum Gasteiger partial charge on any atom is 0.417 e. The number of carbonyl (C=O) groups excluding carboxylic acids is 2. The van der Waals surface area contributed by atoms with Gasteiger partial charge in [-0.05, 0) is 44.5 Å². The van der Waals surface area contributed by atoms with Gasteiger partial charge < -0.3 is 9.16 Å². The highest BCUT2D eigenvalue weighted by molar-refractivity contribution is 6.74. The zero-order chi connectivity index (χ0) is 21.3. The van der Waals surface area contributed by atoms with Crippen molar-refractivity contribution in [3.05, 3.63) is 42.0 Å². The molecule has 1 aromatic carbocycles. The molecule has 0 spiro atoms. The first-order chi connectivity index (χ1) is 12.7. The van der Waals surface area contributed by atoms with Crippen LogP contribution in [0.1, 0.15) is 47.1 Å². The van der Waals surface area contributed by atoms with Gasteiger partial charge in [-0.2, -0.15) is 0 Å². The van der Waals surface area contributed by atoms with Crippen LogP contribution in [0.2, 0.25) is 18.1 Å². The number of nitrogens with zero attached hydrogens (tertiary/aromatic N) is 1. The molecule has 2 atom stereocenters. The van der Waals surface area contributed by atoms with Crippen LogP contribution in [-0.4, -0.2) is 43.0 Å². The molecule has 2 amide bonds. The van der Waals surface area contributed by atoms with E-state index in [-0.39, 0.29) is 10.9 Å².